The van der Waals surface area contributed by atoms with Crippen LogP contribution < -0.4 is 21.3 Å². The number of nitrogens with zero attached hydrogens (tertiary/aromatic N) is 2. The average molecular weight is 671 g/mol. The van der Waals surface area contributed by atoms with Crippen LogP contribution in [-0.4, -0.2) is 87.3 Å². The molecule has 258 valence electrons. The monoisotopic (exact) mass is 670 g/mol. The zero-order valence-electron chi connectivity index (χ0n) is 27.4. The standard InChI is InChI=1S/C36H42N6O7/c1-41-21-24(26-11-5-6-13-29(26)41)19-33(45)38-25-20-30-34(46)40-28(36(48)49)15-17-31(43)37-18-8-7-12-27(35(47)42(30)22-25)39-32(44)16-14-23-9-3-2-4-10-23/h2-6,9-11,13-14,16,21,25,27-28,30H,7-8,12,15,17-20,22H2,1H3,(H,37,43)(H,38,45)(H,39,44)(H,40,46)(H,48,49)/b16-14+/t25-,27+,28+,30+/m1/s1. The molecule has 0 radical (unpaired) electrons. The van der Waals surface area contributed by atoms with Gasteiger partial charge in [-0.2, -0.15) is 0 Å². The topological polar surface area (TPSA) is 179 Å². The molecule has 2 aliphatic rings. The van der Waals surface area contributed by atoms with Crippen LogP contribution >= 0.6 is 0 Å². The molecule has 0 bridgehead atoms. The molecule has 13 nitrogen and oxygen atoms in total. The van der Waals surface area contributed by atoms with Crippen molar-refractivity contribution >= 4 is 52.5 Å². The first kappa shape index (κ1) is 34.9. The third-order valence-corrected chi connectivity index (χ3v) is 8.94. The Balaban J connectivity index is 1.36. The lowest BCUT2D eigenvalue weighted by atomic mass is 10.1. The molecule has 49 heavy (non-hydrogen) atoms. The molecule has 4 atom stereocenters. The van der Waals surface area contributed by atoms with Crippen molar-refractivity contribution in [3.05, 3.63) is 78.0 Å². The molecule has 5 N–H and O–H groups in total. The largest absolute Gasteiger partial charge is 0.480 e. The Labute approximate surface area is 284 Å². The van der Waals surface area contributed by atoms with Gasteiger partial charge in [-0.3, -0.25) is 24.0 Å². The van der Waals surface area contributed by atoms with Crippen molar-refractivity contribution in [1.82, 2.24) is 30.7 Å². The van der Waals surface area contributed by atoms with E-state index in [2.05, 4.69) is 21.3 Å². The molecule has 3 aromatic rings. The Morgan fingerprint density at radius 3 is 2.51 bits per heavy atom. The fourth-order valence-corrected chi connectivity index (χ4v) is 6.45. The Bertz CT molecular complexity index is 1740. The van der Waals surface area contributed by atoms with Gasteiger partial charge in [0.25, 0.3) is 0 Å². The second kappa shape index (κ2) is 16.1. The third kappa shape index (κ3) is 9.12. The molecular weight excluding hydrogens is 628 g/mol. The maximum Gasteiger partial charge on any atom is 0.326 e. The highest BCUT2D eigenvalue weighted by Gasteiger charge is 2.43. The van der Waals surface area contributed by atoms with Gasteiger partial charge in [0, 0.05) is 55.8 Å². The zero-order chi connectivity index (χ0) is 34.9. The summed E-state index contributed by atoms with van der Waals surface area (Å²) in [7, 11) is 1.90. The second-order valence-corrected chi connectivity index (χ2v) is 12.6. The molecule has 0 saturated carbocycles. The highest BCUT2D eigenvalue weighted by molar-refractivity contribution is 5.97. The predicted octanol–water partition coefficient (Wildman–Crippen LogP) is 1.65. The van der Waals surface area contributed by atoms with Gasteiger partial charge in [-0.25, -0.2) is 4.79 Å². The molecule has 0 spiro atoms. The maximum atomic E-state index is 14.2. The summed E-state index contributed by atoms with van der Waals surface area (Å²) in [5.74, 6) is -3.67. The predicted molar refractivity (Wildman–Crippen MR) is 182 cm³/mol. The summed E-state index contributed by atoms with van der Waals surface area (Å²) in [5.41, 5.74) is 2.61. The molecular formula is C36H42N6O7. The molecule has 0 unspecified atom stereocenters. The van der Waals surface area contributed by atoms with E-state index in [4.69, 9.17) is 0 Å². The van der Waals surface area contributed by atoms with Gasteiger partial charge >= 0.3 is 5.97 Å². The molecule has 13 heteroatoms. The Morgan fingerprint density at radius 2 is 1.73 bits per heavy atom. The van der Waals surface area contributed by atoms with E-state index in [-0.39, 0.29) is 50.5 Å². The van der Waals surface area contributed by atoms with Crippen molar-refractivity contribution in [2.45, 2.75) is 69.1 Å². The van der Waals surface area contributed by atoms with E-state index in [1.807, 2.05) is 72.4 Å². The summed E-state index contributed by atoms with van der Waals surface area (Å²) in [5, 5.41) is 21.7. The first-order chi connectivity index (χ1) is 23.6. The van der Waals surface area contributed by atoms with Gasteiger partial charge < -0.3 is 35.8 Å². The van der Waals surface area contributed by atoms with Crippen LogP contribution in [-0.2, 0) is 42.2 Å². The van der Waals surface area contributed by atoms with Crippen LogP contribution in [0.15, 0.2) is 66.9 Å². The van der Waals surface area contributed by atoms with E-state index >= 15 is 0 Å². The highest BCUT2D eigenvalue weighted by atomic mass is 16.4. The molecule has 2 fully saturated rings. The fraction of sp³-hybridized carbons (Fsp3) is 0.389. The number of rotatable bonds is 7. The van der Waals surface area contributed by atoms with Crippen molar-refractivity contribution in [1.29, 1.82) is 0 Å². The number of hydrogen-bond donors (Lipinski definition) is 5. The normalized spacial score (nSPS) is 22.5. The summed E-state index contributed by atoms with van der Waals surface area (Å²) < 4.78 is 1.94. The zero-order valence-corrected chi connectivity index (χ0v) is 27.4. The first-order valence-electron chi connectivity index (χ1n) is 16.6. The van der Waals surface area contributed by atoms with E-state index in [0.717, 1.165) is 22.0 Å². The molecule has 3 heterocycles. The van der Waals surface area contributed by atoms with Crippen molar-refractivity contribution in [2.75, 3.05) is 13.1 Å². The van der Waals surface area contributed by atoms with Crippen molar-refractivity contribution in [3.63, 3.8) is 0 Å². The van der Waals surface area contributed by atoms with Crippen molar-refractivity contribution < 1.29 is 33.9 Å². The van der Waals surface area contributed by atoms with Gasteiger partial charge in [0.05, 0.1) is 6.42 Å². The number of aromatic nitrogens is 1. The molecule has 1 aromatic heterocycles. The fourth-order valence-electron chi connectivity index (χ4n) is 6.45. The Hall–Kier alpha value is -5.46. The van der Waals surface area contributed by atoms with E-state index in [1.165, 1.54) is 11.0 Å². The molecule has 2 saturated heterocycles. The number of carboxylic acid groups (broad SMARTS) is 1. The number of para-hydroxylation sites is 1. The smallest absolute Gasteiger partial charge is 0.326 e. The Morgan fingerprint density at radius 1 is 0.980 bits per heavy atom. The SMILES string of the molecule is Cn1cc(CC(=O)N[C@@H]2C[C@H]3C(=O)N[C@H](C(=O)O)CCC(=O)NCCCC[C@H](NC(=O)/C=C/c4ccccc4)C(=O)N3C2)c2ccccc21. The lowest BCUT2D eigenvalue weighted by molar-refractivity contribution is -0.145. The minimum Gasteiger partial charge on any atom is -0.480 e. The van der Waals surface area contributed by atoms with E-state index < -0.39 is 47.9 Å². The number of carbonyl (C=O) groups is 6. The van der Waals surface area contributed by atoms with Gasteiger partial charge in [-0.1, -0.05) is 48.5 Å². The number of benzene rings is 2. The minimum absolute atomic E-state index is 0.0117. The quantitative estimate of drug-likeness (QED) is 0.237. The van der Waals surface area contributed by atoms with Gasteiger partial charge in [0.1, 0.15) is 18.1 Å². The van der Waals surface area contributed by atoms with Crippen LogP contribution in [0.1, 0.15) is 49.7 Å². The summed E-state index contributed by atoms with van der Waals surface area (Å²) in [6.07, 6.45) is 5.97. The molecule has 5 rings (SSSR count). The van der Waals surface area contributed by atoms with E-state index in [1.54, 1.807) is 6.08 Å². The third-order valence-electron chi connectivity index (χ3n) is 8.94. The van der Waals surface area contributed by atoms with Crippen molar-refractivity contribution in [3.8, 4) is 0 Å². The van der Waals surface area contributed by atoms with E-state index in [9.17, 15) is 33.9 Å². The van der Waals surface area contributed by atoms with Crippen molar-refractivity contribution in [2.24, 2.45) is 7.05 Å². The summed E-state index contributed by atoms with van der Waals surface area (Å²) in [4.78, 5) is 79.9. The molecule has 0 aliphatic carbocycles. The number of carbonyl (C=O) groups excluding carboxylic acids is 5. The number of aliphatic carboxylic acids is 1. The van der Waals surface area contributed by atoms with Gasteiger partial charge in [0.2, 0.25) is 29.5 Å². The highest BCUT2D eigenvalue weighted by Crippen LogP contribution is 2.24. The lowest BCUT2D eigenvalue weighted by Gasteiger charge is -2.29. The average Bonchev–Trinajstić information content (AvgIpc) is 3.64. The van der Waals surface area contributed by atoms with Crippen LogP contribution in [0.4, 0.5) is 0 Å². The van der Waals surface area contributed by atoms with E-state index in [0.29, 0.717) is 19.4 Å². The number of nitrogens with one attached hydrogen (secondary N) is 4. The number of hydrogen-bond acceptors (Lipinski definition) is 6. The number of amides is 5. The summed E-state index contributed by atoms with van der Waals surface area (Å²) in [6, 6.07) is 12.8. The number of fused-ring (bicyclic) bond motifs is 2. The Kier molecular flexibility index (Phi) is 11.4. The molecule has 5 amide bonds. The van der Waals surface area contributed by atoms with Crippen LogP contribution in [0.2, 0.25) is 0 Å². The van der Waals surface area contributed by atoms with Crippen LogP contribution in [0.5, 0.6) is 0 Å². The van der Waals surface area contributed by atoms with Crippen LogP contribution in [0.3, 0.4) is 0 Å². The van der Waals surface area contributed by atoms with Gasteiger partial charge in [-0.05, 0) is 55.4 Å². The first-order valence-corrected chi connectivity index (χ1v) is 16.6. The number of aryl methyl sites for hydroxylation is 1. The minimum atomic E-state index is -1.36. The van der Waals surface area contributed by atoms with Crippen LogP contribution in [0, 0.1) is 0 Å². The van der Waals surface area contributed by atoms with Gasteiger partial charge in [-0.15, -0.1) is 0 Å². The molecule has 2 aromatic carbocycles. The number of carboxylic acids is 1. The maximum absolute atomic E-state index is 14.2. The lowest BCUT2D eigenvalue weighted by Crippen LogP contribution is -2.55. The van der Waals surface area contributed by atoms with Gasteiger partial charge in [0.15, 0.2) is 0 Å². The molecule has 2 aliphatic heterocycles. The summed E-state index contributed by atoms with van der Waals surface area (Å²) in [6.45, 7) is 0.297. The summed E-state index contributed by atoms with van der Waals surface area (Å²) >= 11 is 0. The second-order valence-electron chi connectivity index (χ2n) is 12.6. The van der Waals surface area contributed by atoms with Crippen LogP contribution in [0.25, 0.3) is 17.0 Å².